The maximum absolute atomic E-state index is 12.7. The van der Waals surface area contributed by atoms with Gasteiger partial charge in [-0.3, -0.25) is 0 Å². The molecule has 0 radical (unpaired) electrons. The van der Waals surface area contributed by atoms with Crippen LogP contribution in [0.25, 0.3) is 0 Å². The van der Waals surface area contributed by atoms with Crippen molar-refractivity contribution in [3.05, 3.63) is 29.3 Å². The largest absolute Gasteiger partial charge is 0.478 e. The van der Waals surface area contributed by atoms with Crippen molar-refractivity contribution in [3.8, 4) is 0 Å². The van der Waals surface area contributed by atoms with Crippen molar-refractivity contribution < 1.29 is 27.9 Å². The first kappa shape index (κ1) is 15.1. The zero-order valence-corrected chi connectivity index (χ0v) is 11.0. The van der Waals surface area contributed by atoms with E-state index in [1.165, 1.54) is 0 Å². The Morgan fingerprint density at radius 3 is 2.33 bits per heavy atom. The SMILES string of the molecule is CC1(NC(=O)Nc2cc(C(=O)O)cc(C(F)(F)F)c2)CC1. The molecule has 0 atom stereocenters. The van der Waals surface area contributed by atoms with Gasteiger partial charge in [0.25, 0.3) is 0 Å². The van der Waals surface area contributed by atoms with Crippen LogP contribution in [0.4, 0.5) is 23.7 Å². The van der Waals surface area contributed by atoms with Crippen LogP contribution >= 0.6 is 0 Å². The number of alkyl halides is 3. The number of amides is 2. The van der Waals surface area contributed by atoms with E-state index in [1.54, 1.807) is 6.92 Å². The number of hydrogen-bond acceptors (Lipinski definition) is 2. The molecular formula is C13H13F3N2O3. The van der Waals surface area contributed by atoms with Crippen molar-refractivity contribution in [2.75, 3.05) is 5.32 Å². The third kappa shape index (κ3) is 3.87. The molecule has 1 aliphatic carbocycles. The smallest absolute Gasteiger partial charge is 0.416 e. The van der Waals surface area contributed by atoms with Gasteiger partial charge in [-0.05, 0) is 38.0 Å². The quantitative estimate of drug-likeness (QED) is 0.803. The lowest BCUT2D eigenvalue weighted by molar-refractivity contribution is -0.137. The minimum atomic E-state index is -4.69. The number of halogens is 3. The Morgan fingerprint density at radius 2 is 1.86 bits per heavy atom. The van der Waals surface area contributed by atoms with E-state index in [9.17, 15) is 22.8 Å². The Morgan fingerprint density at radius 1 is 1.24 bits per heavy atom. The molecule has 2 amide bonds. The van der Waals surface area contributed by atoms with Gasteiger partial charge in [0.2, 0.25) is 0 Å². The van der Waals surface area contributed by atoms with E-state index in [1.807, 2.05) is 0 Å². The summed E-state index contributed by atoms with van der Waals surface area (Å²) in [4.78, 5) is 22.5. The van der Waals surface area contributed by atoms with Gasteiger partial charge in [-0.15, -0.1) is 0 Å². The number of nitrogens with one attached hydrogen (secondary N) is 2. The summed E-state index contributed by atoms with van der Waals surface area (Å²) >= 11 is 0. The average Bonchev–Trinajstić information content (AvgIpc) is 3.04. The number of urea groups is 1. The van der Waals surface area contributed by atoms with Crippen molar-refractivity contribution in [1.29, 1.82) is 0 Å². The fourth-order valence-corrected chi connectivity index (χ4v) is 1.74. The average molecular weight is 302 g/mol. The van der Waals surface area contributed by atoms with Gasteiger partial charge in [-0.1, -0.05) is 0 Å². The molecule has 0 aliphatic heterocycles. The molecule has 1 saturated carbocycles. The fourth-order valence-electron chi connectivity index (χ4n) is 1.74. The highest BCUT2D eigenvalue weighted by Gasteiger charge is 2.39. The van der Waals surface area contributed by atoms with Gasteiger partial charge in [0.15, 0.2) is 0 Å². The lowest BCUT2D eigenvalue weighted by Gasteiger charge is -2.14. The van der Waals surface area contributed by atoms with E-state index in [0.717, 1.165) is 18.9 Å². The first-order chi connectivity index (χ1) is 9.59. The van der Waals surface area contributed by atoms with Crippen LogP contribution in [0.5, 0.6) is 0 Å². The zero-order valence-electron chi connectivity index (χ0n) is 11.0. The highest BCUT2D eigenvalue weighted by Crippen LogP contribution is 2.35. The molecule has 114 valence electrons. The number of carbonyl (C=O) groups is 2. The molecule has 1 aromatic carbocycles. The molecule has 1 fully saturated rings. The molecular weight excluding hydrogens is 289 g/mol. The second-order valence-electron chi connectivity index (χ2n) is 5.24. The molecule has 0 aromatic heterocycles. The highest BCUT2D eigenvalue weighted by molar-refractivity contribution is 5.93. The fraction of sp³-hybridized carbons (Fsp3) is 0.385. The molecule has 1 aliphatic rings. The molecule has 0 unspecified atom stereocenters. The van der Waals surface area contributed by atoms with Crippen LogP contribution in [0.2, 0.25) is 0 Å². The van der Waals surface area contributed by atoms with Crippen molar-refractivity contribution in [2.45, 2.75) is 31.5 Å². The van der Waals surface area contributed by atoms with Crippen molar-refractivity contribution >= 4 is 17.7 Å². The topological polar surface area (TPSA) is 78.4 Å². The number of anilines is 1. The molecule has 0 saturated heterocycles. The summed E-state index contributed by atoms with van der Waals surface area (Å²) in [6.45, 7) is 1.81. The van der Waals surface area contributed by atoms with E-state index in [2.05, 4.69) is 10.6 Å². The van der Waals surface area contributed by atoms with Crippen LogP contribution in [-0.4, -0.2) is 22.6 Å². The van der Waals surface area contributed by atoms with Gasteiger partial charge in [-0.2, -0.15) is 13.2 Å². The lowest BCUT2D eigenvalue weighted by Crippen LogP contribution is -2.37. The normalized spacial score (nSPS) is 16.2. The van der Waals surface area contributed by atoms with Gasteiger partial charge in [-0.25, -0.2) is 9.59 Å². The monoisotopic (exact) mass is 302 g/mol. The first-order valence-corrected chi connectivity index (χ1v) is 6.14. The summed E-state index contributed by atoms with van der Waals surface area (Å²) in [5.41, 5.74) is -2.22. The number of benzene rings is 1. The van der Waals surface area contributed by atoms with E-state index in [4.69, 9.17) is 5.11 Å². The molecule has 5 nitrogen and oxygen atoms in total. The third-order valence-corrected chi connectivity index (χ3v) is 3.18. The lowest BCUT2D eigenvalue weighted by atomic mass is 10.1. The number of carboxylic acids is 1. The Kier molecular flexibility index (Phi) is 3.56. The Bertz CT molecular complexity index is 595. The second kappa shape index (κ2) is 4.94. The molecule has 21 heavy (non-hydrogen) atoms. The molecule has 1 aromatic rings. The number of hydrogen-bond donors (Lipinski definition) is 3. The summed E-state index contributed by atoms with van der Waals surface area (Å²) in [6, 6.07) is 1.53. The molecule has 3 N–H and O–H groups in total. The van der Waals surface area contributed by atoms with Gasteiger partial charge < -0.3 is 15.7 Å². The zero-order chi connectivity index (χ0) is 15.8. The van der Waals surface area contributed by atoms with E-state index >= 15 is 0 Å². The Balaban J connectivity index is 2.23. The molecule has 8 heteroatoms. The molecule has 2 rings (SSSR count). The summed E-state index contributed by atoms with van der Waals surface area (Å²) in [5, 5.41) is 13.7. The van der Waals surface area contributed by atoms with E-state index in [0.29, 0.717) is 12.1 Å². The third-order valence-electron chi connectivity index (χ3n) is 3.18. The van der Waals surface area contributed by atoms with Crippen LogP contribution in [-0.2, 0) is 6.18 Å². The summed E-state index contributed by atoms with van der Waals surface area (Å²) in [5.74, 6) is -1.50. The minimum absolute atomic E-state index is 0.219. The van der Waals surface area contributed by atoms with Crippen LogP contribution in [0.3, 0.4) is 0 Å². The Hall–Kier alpha value is -2.25. The number of aromatic carboxylic acids is 1. The standard InChI is InChI=1S/C13H13F3N2O3/c1-12(2-3-12)18-11(21)17-9-5-7(10(19)20)4-8(6-9)13(14,15)16/h4-6H,2-3H2,1H3,(H,19,20)(H2,17,18,21). The number of rotatable bonds is 3. The van der Waals surface area contributed by atoms with E-state index < -0.39 is 29.3 Å². The van der Waals surface area contributed by atoms with Crippen LogP contribution in [0, 0.1) is 0 Å². The molecule has 0 spiro atoms. The van der Waals surface area contributed by atoms with Gasteiger partial charge >= 0.3 is 18.2 Å². The summed E-state index contributed by atoms with van der Waals surface area (Å²) in [7, 11) is 0. The van der Waals surface area contributed by atoms with Crippen LogP contribution in [0.1, 0.15) is 35.7 Å². The van der Waals surface area contributed by atoms with Gasteiger partial charge in [0.05, 0.1) is 11.1 Å². The van der Waals surface area contributed by atoms with Crippen LogP contribution < -0.4 is 10.6 Å². The summed E-state index contributed by atoms with van der Waals surface area (Å²) in [6.07, 6.45) is -3.10. The van der Waals surface area contributed by atoms with E-state index in [-0.39, 0.29) is 11.2 Å². The predicted molar refractivity (Wildman–Crippen MR) is 68.2 cm³/mol. The Labute approximate surface area is 118 Å². The first-order valence-electron chi connectivity index (χ1n) is 6.14. The van der Waals surface area contributed by atoms with Crippen molar-refractivity contribution in [2.24, 2.45) is 0 Å². The number of carboxylic acid groups (broad SMARTS) is 1. The second-order valence-corrected chi connectivity index (χ2v) is 5.24. The maximum Gasteiger partial charge on any atom is 0.416 e. The molecule has 0 bridgehead atoms. The summed E-state index contributed by atoms with van der Waals surface area (Å²) < 4.78 is 38.1. The maximum atomic E-state index is 12.7. The predicted octanol–water partition coefficient (Wildman–Crippen LogP) is 3.08. The van der Waals surface area contributed by atoms with Crippen molar-refractivity contribution in [3.63, 3.8) is 0 Å². The van der Waals surface area contributed by atoms with Crippen molar-refractivity contribution in [1.82, 2.24) is 5.32 Å². The molecule has 0 heterocycles. The highest BCUT2D eigenvalue weighted by atomic mass is 19.4. The number of carbonyl (C=O) groups excluding carboxylic acids is 1. The minimum Gasteiger partial charge on any atom is -0.478 e. The van der Waals surface area contributed by atoms with Crippen LogP contribution in [0.15, 0.2) is 18.2 Å². The van der Waals surface area contributed by atoms with Gasteiger partial charge in [0, 0.05) is 11.2 Å². The van der Waals surface area contributed by atoms with Gasteiger partial charge in [0.1, 0.15) is 0 Å².